The van der Waals surface area contributed by atoms with Crippen LogP contribution < -0.4 is 0 Å². The summed E-state index contributed by atoms with van der Waals surface area (Å²) in [7, 11) is 2.08. The van der Waals surface area contributed by atoms with E-state index in [1.807, 2.05) is 9.80 Å². The van der Waals surface area contributed by atoms with E-state index in [4.69, 9.17) is 9.47 Å². The zero-order valence-corrected chi connectivity index (χ0v) is 18.2. The highest BCUT2D eigenvalue weighted by atomic mass is 16.5. The van der Waals surface area contributed by atoms with Crippen molar-refractivity contribution < 1.29 is 24.2 Å². The lowest BCUT2D eigenvalue weighted by atomic mass is 9.93. The lowest BCUT2D eigenvalue weighted by Crippen LogP contribution is -2.58. The van der Waals surface area contributed by atoms with E-state index in [2.05, 4.69) is 11.9 Å². The van der Waals surface area contributed by atoms with Crippen molar-refractivity contribution in [3.8, 4) is 0 Å². The quantitative estimate of drug-likeness (QED) is 0.711. The van der Waals surface area contributed by atoms with Crippen molar-refractivity contribution in [3.05, 3.63) is 0 Å². The number of hydrogen-bond donors (Lipinski definition) is 1. The fourth-order valence-corrected chi connectivity index (χ4v) is 5.38. The van der Waals surface area contributed by atoms with Gasteiger partial charge >= 0.3 is 0 Å². The average molecular weight is 424 g/mol. The Morgan fingerprint density at radius 1 is 1.00 bits per heavy atom. The summed E-state index contributed by atoms with van der Waals surface area (Å²) in [6.07, 6.45) is 5.03. The van der Waals surface area contributed by atoms with Crippen molar-refractivity contribution in [2.24, 2.45) is 5.92 Å². The first-order valence-electron chi connectivity index (χ1n) is 11.7. The normalized spacial score (nSPS) is 34.3. The highest BCUT2D eigenvalue weighted by molar-refractivity contribution is 5.79. The number of aliphatic hydroxyl groups excluding tert-OH is 1. The third kappa shape index (κ3) is 5.15. The highest BCUT2D eigenvalue weighted by Crippen LogP contribution is 2.32. The number of rotatable bonds is 3. The third-order valence-electron chi connectivity index (χ3n) is 7.23. The molecular weight excluding hydrogens is 386 g/mol. The van der Waals surface area contributed by atoms with Crippen LogP contribution in [0.25, 0.3) is 0 Å². The minimum absolute atomic E-state index is 0.0785. The lowest BCUT2D eigenvalue weighted by molar-refractivity contribution is -0.173. The van der Waals surface area contributed by atoms with Crippen molar-refractivity contribution in [1.29, 1.82) is 0 Å². The largest absolute Gasteiger partial charge is 0.389 e. The molecule has 3 saturated heterocycles. The number of hydrogen-bond acceptors (Lipinski definition) is 6. The van der Waals surface area contributed by atoms with Crippen molar-refractivity contribution in [2.75, 3.05) is 53.0 Å². The predicted molar refractivity (Wildman–Crippen MR) is 111 cm³/mol. The molecule has 4 rings (SSSR count). The molecule has 0 bridgehead atoms. The van der Waals surface area contributed by atoms with Gasteiger partial charge in [0.1, 0.15) is 6.10 Å². The van der Waals surface area contributed by atoms with Crippen molar-refractivity contribution in [1.82, 2.24) is 14.7 Å². The first-order valence-corrected chi connectivity index (χ1v) is 11.7. The van der Waals surface area contributed by atoms with Crippen LogP contribution in [0.15, 0.2) is 0 Å². The molecule has 0 aromatic rings. The summed E-state index contributed by atoms with van der Waals surface area (Å²) in [4.78, 5) is 32.0. The number of likely N-dealkylation sites (N-methyl/N-ethyl adjacent to an activating group) is 1. The SMILES string of the molecule is CN1CCN(C(=O)C[C@H]2CC[C@@H]3[C@H](COC[C@@H](O)CN3C(=O)C3CCCC3)O2)CC1. The molecule has 1 N–H and O–H groups in total. The molecule has 0 unspecified atom stereocenters. The van der Waals surface area contributed by atoms with Gasteiger partial charge in [-0.05, 0) is 32.7 Å². The number of carbonyl (C=O) groups excluding carboxylic acids is 2. The molecule has 0 aromatic heterocycles. The summed E-state index contributed by atoms with van der Waals surface area (Å²) >= 11 is 0. The van der Waals surface area contributed by atoms with Gasteiger partial charge in [-0.25, -0.2) is 0 Å². The number of carbonyl (C=O) groups is 2. The van der Waals surface area contributed by atoms with Crippen LogP contribution in [0.5, 0.6) is 0 Å². The molecule has 4 fully saturated rings. The van der Waals surface area contributed by atoms with Crippen LogP contribution in [0.4, 0.5) is 0 Å². The van der Waals surface area contributed by atoms with E-state index in [-0.39, 0.29) is 42.6 Å². The summed E-state index contributed by atoms with van der Waals surface area (Å²) in [6.45, 7) is 4.26. The van der Waals surface area contributed by atoms with E-state index >= 15 is 0 Å². The Kier molecular flexibility index (Phi) is 7.28. The average Bonchev–Trinajstić information content (AvgIpc) is 3.26. The monoisotopic (exact) mass is 423 g/mol. The maximum atomic E-state index is 13.2. The standard InChI is InChI=1S/C22H37N3O5/c1-23-8-10-24(11-9-23)21(27)12-18-6-7-19-20(30-18)15-29-14-17(26)13-25(19)22(28)16-4-2-3-5-16/h16-20,26H,2-15H2,1H3/t17-,18+,19+,20-/m0/s1. The van der Waals surface area contributed by atoms with Crippen LogP contribution >= 0.6 is 0 Å². The molecule has 0 radical (unpaired) electrons. The molecule has 3 aliphatic heterocycles. The van der Waals surface area contributed by atoms with Gasteiger partial charge in [0.15, 0.2) is 0 Å². The number of nitrogens with zero attached hydrogens (tertiary/aromatic N) is 3. The molecule has 30 heavy (non-hydrogen) atoms. The van der Waals surface area contributed by atoms with Crippen LogP contribution in [-0.4, -0.2) is 109 Å². The fourth-order valence-electron chi connectivity index (χ4n) is 5.38. The lowest BCUT2D eigenvalue weighted by Gasteiger charge is -2.45. The minimum Gasteiger partial charge on any atom is -0.389 e. The Morgan fingerprint density at radius 3 is 2.47 bits per heavy atom. The molecule has 3 heterocycles. The van der Waals surface area contributed by atoms with Crippen LogP contribution in [0, 0.1) is 5.92 Å². The summed E-state index contributed by atoms with van der Waals surface area (Å²) in [5, 5.41) is 10.3. The number of fused-ring (bicyclic) bond motifs is 1. The zero-order chi connectivity index (χ0) is 21.1. The van der Waals surface area contributed by atoms with Crippen molar-refractivity contribution in [2.45, 2.75) is 69.3 Å². The summed E-state index contributed by atoms with van der Waals surface area (Å²) < 4.78 is 12.0. The van der Waals surface area contributed by atoms with Gasteiger partial charge in [-0.3, -0.25) is 9.59 Å². The molecule has 0 spiro atoms. The van der Waals surface area contributed by atoms with Crippen LogP contribution in [0.2, 0.25) is 0 Å². The number of aliphatic hydroxyl groups is 1. The second-order valence-corrected chi connectivity index (χ2v) is 9.49. The van der Waals surface area contributed by atoms with Gasteiger partial charge < -0.3 is 29.3 Å². The van der Waals surface area contributed by atoms with E-state index in [0.717, 1.165) is 64.7 Å². The van der Waals surface area contributed by atoms with Crippen LogP contribution in [-0.2, 0) is 19.1 Å². The van der Waals surface area contributed by atoms with E-state index in [9.17, 15) is 14.7 Å². The molecule has 2 amide bonds. The Morgan fingerprint density at radius 2 is 1.73 bits per heavy atom. The van der Waals surface area contributed by atoms with Gasteiger partial charge in [-0.15, -0.1) is 0 Å². The number of piperazine rings is 1. The molecule has 8 heteroatoms. The molecule has 4 aliphatic rings. The number of ether oxygens (including phenoxy) is 2. The molecular formula is C22H37N3O5. The zero-order valence-electron chi connectivity index (χ0n) is 18.2. The van der Waals surface area contributed by atoms with Gasteiger partial charge in [-0.1, -0.05) is 12.8 Å². The highest BCUT2D eigenvalue weighted by Gasteiger charge is 2.42. The Hall–Kier alpha value is -1.22. The first kappa shape index (κ1) is 22.0. The van der Waals surface area contributed by atoms with Gasteiger partial charge in [0.05, 0.1) is 37.9 Å². The van der Waals surface area contributed by atoms with Crippen molar-refractivity contribution in [3.63, 3.8) is 0 Å². The van der Waals surface area contributed by atoms with E-state index in [0.29, 0.717) is 19.6 Å². The first-order chi connectivity index (χ1) is 14.5. The molecule has 1 aliphatic carbocycles. The smallest absolute Gasteiger partial charge is 0.226 e. The second kappa shape index (κ2) is 9.94. The van der Waals surface area contributed by atoms with Crippen LogP contribution in [0.3, 0.4) is 0 Å². The third-order valence-corrected chi connectivity index (χ3v) is 7.23. The van der Waals surface area contributed by atoms with E-state index in [1.165, 1.54) is 0 Å². The van der Waals surface area contributed by atoms with Gasteiger partial charge in [-0.2, -0.15) is 0 Å². The second-order valence-electron chi connectivity index (χ2n) is 9.49. The molecule has 0 aromatic carbocycles. The van der Waals surface area contributed by atoms with Gasteiger partial charge in [0, 0.05) is 38.6 Å². The van der Waals surface area contributed by atoms with Gasteiger partial charge in [0.2, 0.25) is 11.8 Å². The summed E-state index contributed by atoms with van der Waals surface area (Å²) in [5.74, 6) is 0.404. The van der Waals surface area contributed by atoms with E-state index in [1.54, 1.807) is 0 Å². The maximum absolute atomic E-state index is 13.2. The Balaban J connectivity index is 1.38. The molecule has 1 saturated carbocycles. The predicted octanol–water partition coefficient (Wildman–Crippen LogP) is 0.477. The topological polar surface area (TPSA) is 82.6 Å². The van der Waals surface area contributed by atoms with E-state index < -0.39 is 6.10 Å². The summed E-state index contributed by atoms with van der Waals surface area (Å²) in [5.41, 5.74) is 0. The Bertz CT molecular complexity index is 604. The van der Waals surface area contributed by atoms with Gasteiger partial charge in [0.25, 0.3) is 0 Å². The van der Waals surface area contributed by atoms with Crippen molar-refractivity contribution >= 4 is 11.8 Å². The van der Waals surface area contributed by atoms with Crippen LogP contribution in [0.1, 0.15) is 44.9 Å². The molecule has 4 atom stereocenters. The summed E-state index contributed by atoms with van der Waals surface area (Å²) in [6, 6.07) is -0.0805. The number of β-amino-alcohol motifs (C(OH)–C–C–N with tert-alkyl or cyclic N) is 1. The Labute approximate surface area is 179 Å². The molecule has 8 nitrogen and oxygen atoms in total. The fraction of sp³-hybridized carbons (Fsp3) is 0.909. The molecule has 170 valence electrons. The minimum atomic E-state index is -0.659. The maximum Gasteiger partial charge on any atom is 0.226 e. The number of amides is 2.